The van der Waals surface area contributed by atoms with Crippen LogP contribution in [0, 0.1) is 0 Å². The van der Waals surface area contributed by atoms with E-state index < -0.39 is 31.0 Å². The van der Waals surface area contributed by atoms with Crippen molar-refractivity contribution in [2.24, 2.45) is 5.73 Å². The van der Waals surface area contributed by atoms with Gasteiger partial charge in [-0.05, 0) is 0 Å². The number of aliphatic hydroxyl groups excluding tert-OH is 4. The van der Waals surface area contributed by atoms with Crippen LogP contribution < -0.4 is 5.73 Å². The fourth-order valence-corrected chi connectivity index (χ4v) is 0.644. The van der Waals surface area contributed by atoms with Gasteiger partial charge in [0.15, 0.2) is 0 Å². The summed E-state index contributed by atoms with van der Waals surface area (Å²) in [6, 6.07) is -1.26. The molecule has 12 heavy (non-hydrogen) atoms. The van der Waals surface area contributed by atoms with E-state index in [9.17, 15) is 4.79 Å². The minimum Gasteiger partial charge on any atom is -0.394 e. The predicted octanol–water partition coefficient (Wildman–Crippen LogP) is -3.41. The summed E-state index contributed by atoms with van der Waals surface area (Å²) < 4.78 is 0. The van der Waals surface area contributed by atoms with Crippen molar-refractivity contribution < 1.29 is 25.2 Å². The summed E-state index contributed by atoms with van der Waals surface area (Å²) in [7, 11) is 0. The van der Waals surface area contributed by atoms with Crippen LogP contribution in [0.1, 0.15) is 0 Å². The molecule has 0 aliphatic rings. The molecule has 0 aromatic rings. The number of rotatable bonds is 5. The highest BCUT2D eigenvalue weighted by molar-refractivity contribution is 5.58. The smallest absolute Gasteiger partial charge is 0.139 e. The van der Waals surface area contributed by atoms with Gasteiger partial charge in [-0.1, -0.05) is 0 Å². The van der Waals surface area contributed by atoms with Crippen LogP contribution in [0.25, 0.3) is 0 Å². The van der Waals surface area contributed by atoms with Crippen LogP contribution in [0.4, 0.5) is 0 Å². The third-order valence-corrected chi connectivity index (χ3v) is 1.48. The van der Waals surface area contributed by atoms with Crippen molar-refractivity contribution in [3.05, 3.63) is 0 Å². The molecule has 0 amide bonds. The number of hydrogen-bond acceptors (Lipinski definition) is 6. The molecule has 6 nitrogen and oxygen atoms in total. The van der Waals surface area contributed by atoms with Gasteiger partial charge in [-0.2, -0.15) is 0 Å². The maximum Gasteiger partial charge on any atom is 0.139 e. The van der Waals surface area contributed by atoms with Crippen LogP contribution in [0.3, 0.4) is 0 Å². The van der Waals surface area contributed by atoms with Gasteiger partial charge in [-0.15, -0.1) is 0 Å². The van der Waals surface area contributed by atoms with Crippen molar-refractivity contribution >= 4 is 6.29 Å². The summed E-state index contributed by atoms with van der Waals surface area (Å²) in [6.07, 6.45) is -4.43. The Kier molecular flexibility index (Phi) is 4.95. The molecule has 0 saturated carbocycles. The van der Waals surface area contributed by atoms with Crippen molar-refractivity contribution in [1.29, 1.82) is 0 Å². The van der Waals surface area contributed by atoms with E-state index in [1.807, 2.05) is 0 Å². The number of carbonyl (C=O) groups excluding carboxylic acids is 1. The van der Waals surface area contributed by atoms with Gasteiger partial charge in [0.2, 0.25) is 0 Å². The molecular formula is C6H13NO5. The van der Waals surface area contributed by atoms with Crippen LogP contribution in [0.15, 0.2) is 0 Å². The van der Waals surface area contributed by atoms with E-state index in [0.717, 1.165) is 0 Å². The Morgan fingerprint density at radius 3 is 2.08 bits per heavy atom. The lowest BCUT2D eigenvalue weighted by Crippen LogP contribution is -2.49. The predicted molar refractivity (Wildman–Crippen MR) is 39.1 cm³/mol. The molecule has 6 N–H and O–H groups in total. The summed E-state index contributed by atoms with van der Waals surface area (Å²) >= 11 is 0. The Morgan fingerprint density at radius 2 is 1.75 bits per heavy atom. The quantitative estimate of drug-likeness (QED) is 0.280. The van der Waals surface area contributed by atoms with Gasteiger partial charge >= 0.3 is 0 Å². The molecule has 0 aliphatic carbocycles. The summed E-state index contributed by atoms with van der Waals surface area (Å²) in [5, 5.41) is 35.2. The SMILES string of the molecule is N[C@@H](C=O)[C@@H](O)[C@@H](O)[C@@H](O)CO. The van der Waals surface area contributed by atoms with E-state index >= 15 is 0 Å². The molecule has 0 radical (unpaired) electrons. The van der Waals surface area contributed by atoms with E-state index in [1.54, 1.807) is 0 Å². The molecule has 0 aromatic heterocycles. The lowest BCUT2D eigenvalue weighted by molar-refractivity contribution is -0.118. The van der Waals surface area contributed by atoms with Crippen LogP contribution >= 0.6 is 0 Å². The first-order valence-corrected chi connectivity index (χ1v) is 3.40. The van der Waals surface area contributed by atoms with Gasteiger partial charge in [0, 0.05) is 0 Å². The Labute approximate surface area is 69.2 Å². The van der Waals surface area contributed by atoms with Gasteiger partial charge in [-0.3, -0.25) is 0 Å². The van der Waals surface area contributed by atoms with E-state index in [2.05, 4.69) is 0 Å². The van der Waals surface area contributed by atoms with Crippen LogP contribution in [0.5, 0.6) is 0 Å². The monoisotopic (exact) mass is 179 g/mol. The average Bonchev–Trinajstić information content (AvgIpc) is 2.12. The first kappa shape index (κ1) is 11.5. The summed E-state index contributed by atoms with van der Waals surface area (Å²) in [6.45, 7) is -0.705. The van der Waals surface area contributed by atoms with Gasteiger partial charge in [0.05, 0.1) is 12.6 Å². The second-order valence-corrected chi connectivity index (χ2v) is 2.44. The third-order valence-electron chi connectivity index (χ3n) is 1.48. The highest BCUT2D eigenvalue weighted by Gasteiger charge is 2.28. The van der Waals surface area contributed by atoms with E-state index in [-0.39, 0.29) is 6.29 Å². The van der Waals surface area contributed by atoms with Gasteiger partial charge in [0.25, 0.3) is 0 Å². The maximum atomic E-state index is 10.0. The summed E-state index contributed by atoms with van der Waals surface area (Å²) in [5.74, 6) is 0. The maximum absolute atomic E-state index is 10.0. The van der Waals surface area contributed by atoms with E-state index in [1.165, 1.54) is 0 Å². The molecule has 0 rings (SSSR count). The molecular weight excluding hydrogens is 166 g/mol. The first-order chi connectivity index (χ1) is 5.54. The molecule has 0 aromatic carbocycles. The molecule has 72 valence electrons. The van der Waals surface area contributed by atoms with E-state index in [0.29, 0.717) is 0 Å². The van der Waals surface area contributed by atoms with Gasteiger partial charge in [0.1, 0.15) is 24.6 Å². The Morgan fingerprint density at radius 1 is 1.25 bits per heavy atom. The second-order valence-electron chi connectivity index (χ2n) is 2.44. The number of carbonyl (C=O) groups is 1. The summed E-state index contributed by atoms with van der Waals surface area (Å²) in [5.41, 5.74) is 5.04. The number of aldehydes is 1. The van der Waals surface area contributed by atoms with Gasteiger partial charge < -0.3 is 31.0 Å². The zero-order valence-corrected chi connectivity index (χ0v) is 6.37. The van der Waals surface area contributed by atoms with Crippen molar-refractivity contribution in [3.8, 4) is 0 Å². The average molecular weight is 179 g/mol. The summed E-state index contributed by atoms with van der Waals surface area (Å²) in [4.78, 5) is 10.0. The highest BCUT2D eigenvalue weighted by Crippen LogP contribution is 2.01. The number of hydrogen-bond donors (Lipinski definition) is 5. The molecule has 0 unspecified atom stereocenters. The standard InChI is InChI=1S/C6H13NO5/c7-3(1-8)5(11)6(12)4(10)2-9/h1,3-6,9-12H,2,7H2/t3-,4-,5+,6-/m0/s1. The Balaban J connectivity index is 4.07. The van der Waals surface area contributed by atoms with E-state index in [4.69, 9.17) is 26.2 Å². The Bertz CT molecular complexity index is 142. The number of aliphatic hydroxyl groups is 4. The fourth-order valence-electron chi connectivity index (χ4n) is 0.644. The number of nitrogens with two attached hydrogens (primary N) is 1. The Hall–Kier alpha value is -0.530. The zero-order chi connectivity index (χ0) is 9.72. The largest absolute Gasteiger partial charge is 0.394 e. The van der Waals surface area contributed by atoms with Gasteiger partial charge in [-0.25, -0.2) is 0 Å². The van der Waals surface area contributed by atoms with Crippen molar-refractivity contribution in [1.82, 2.24) is 0 Å². The van der Waals surface area contributed by atoms with Crippen molar-refractivity contribution in [2.45, 2.75) is 24.4 Å². The molecule has 0 fully saturated rings. The molecule has 0 spiro atoms. The third kappa shape index (κ3) is 2.84. The normalized spacial score (nSPS) is 21.1. The first-order valence-electron chi connectivity index (χ1n) is 3.40. The minimum absolute atomic E-state index is 0.248. The van der Waals surface area contributed by atoms with Crippen LogP contribution in [0.2, 0.25) is 0 Å². The second kappa shape index (κ2) is 5.18. The molecule has 0 heterocycles. The highest BCUT2D eigenvalue weighted by atomic mass is 16.4. The lowest BCUT2D eigenvalue weighted by atomic mass is 10.0. The molecule has 0 bridgehead atoms. The molecule has 0 saturated heterocycles. The van der Waals surface area contributed by atoms with Crippen LogP contribution in [-0.4, -0.2) is 57.7 Å². The minimum atomic E-state index is -1.62. The molecule has 6 heteroatoms. The molecule has 0 aliphatic heterocycles. The molecule has 4 atom stereocenters. The van der Waals surface area contributed by atoms with Crippen LogP contribution in [-0.2, 0) is 4.79 Å². The fraction of sp³-hybridized carbons (Fsp3) is 0.833. The topological polar surface area (TPSA) is 124 Å². The zero-order valence-electron chi connectivity index (χ0n) is 6.37. The lowest BCUT2D eigenvalue weighted by Gasteiger charge is -2.23. The van der Waals surface area contributed by atoms with Crippen molar-refractivity contribution in [2.75, 3.05) is 6.61 Å². The van der Waals surface area contributed by atoms with Crippen molar-refractivity contribution in [3.63, 3.8) is 0 Å².